The summed E-state index contributed by atoms with van der Waals surface area (Å²) in [5, 5.41) is -0.153. The zero-order valence-electron chi connectivity index (χ0n) is 6.58. The SMILES string of the molecule is Cc1cc(Cl)c(S(=O)(=O)O)c(Cl)c1. The van der Waals surface area contributed by atoms with Gasteiger partial charge in [-0.15, -0.1) is 0 Å². The van der Waals surface area contributed by atoms with Gasteiger partial charge in [0.15, 0.2) is 0 Å². The first-order chi connectivity index (χ1) is 5.82. The summed E-state index contributed by atoms with van der Waals surface area (Å²) in [6.07, 6.45) is 0. The molecule has 3 nitrogen and oxygen atoms in total. The van der Waals surface area contributed by atoms with Gasteiger partial charge in [-0.05, 0) is 24.6 Å². The molecule has 0 fully saturated rings. The van der Waals surface area contributed by atoms with Crippen molar-refractivity contribution >= 4 is 33.3 Å². The molecular formula is C7H6Cl2O3S. The Labute approximate surface area is 86.0 Å². The lowest BCUT2D eigenvalue weighted by atomic mass is 10.2. The summed E-state index contributed by atoms with van der Waals surface area (Å²) in [6, 6.07) is 2.83. The molecule has 0 unspecified atom stereocenters. The fourth-order valence-electron chi connectivity index (χ4n) is 0.933. The van der Waals surface area contributed by atoms with Gasteiger partial charge in [-0.3, -0.25) is 4.55 Å². The summed E-state index contributed by atoms with van der Waals surface area (Å²) in [5.74, 6) is 0. The third kappa shape index (κ3) is 2.34. The van der Waals surface area contributed by atoms with E-state index >= 15 is 0 Å². The minimum absolute atomic E-state index is 0.0764. The van der Waals surface area contributed by atoms with Crippen molar-refractivity contribution < 1.29 is 13.0 Å². The molecule has 0 radical (unpaired) electrons. The van der Waals surface area contributed by atoms with E-state index in [1.807, 2.05) is 0 Å². The second kappa shape index (κ2) is 3.46. The van der Waals surface area contributed by atoms with Gasteiger partial charge in [0, 0.05) is 0 Å². The number of benzene rings is 1. The molecule has 1 aromatic carbocycles. The van der Waals surface area contributed by atoms with Crippen LogP contribution in [-0.2, 0) is 10.1 Å². The van der Waals surface area contributed by atoms with Crippen molar-refractivity contribution in [3.8, 4) is 0 Å². The van der Waals surface area contributed by atoms with Crippen LogP contribution in [0.4, 0.5) is 0 Å². The van der Waals surface area contributed by atoms with Crippen LogP contribution in [0.5, 0.6) is 0 Å². The van der Waals surface area contributed by atoms with Crippen molar-refractivity contribution in [1.29, 1.82) is 0 Å². The molecule has 0 atom stereocenters. The Morgan fingerprint density at radius 3 is 1.92 bits per heavy atom. The molecule has 0 saturated heterocycles. The molecule has 1 rings (SSSR count). The predicted octanol–water partition coefficient (Wildman–Crippen LogP) is 2.55. The third-order valence-electron chi connectivity index (χ3n) is 1.40. The molecule has 1 aromatic rings. The highest BCUT2D eigenvalue weighted by Gasteiger charge is 2.18. The molecule has 0 spiro atoms. The van der Waals surface area contributed by atoms with Crippen molar-refractivity contribution in [2.24, 2.45) is 0 Å². The van der Waals surface area contributed by atoms with Crippen molar-refractivity contribution in [1.82, 2.24) is 0 Å². The first-order valence-electron chi connectivity index (χ1n) is 3.25. The molecule has 0 aliphatic rings. The Balaban J connectivity index is 3.57. The quantitative estimate of drug-likeness (QED) is 0.768. The molecule has 6 heteroatoms. The minimum Gasteiger partial charge on any atom is -0.282 e. The van der Waals surface area contributed by atoms with Crippen molar-refractivity contribution in [2.45, 2.75) is 11.8 Å². The molecule has 0 aromatic heterocycles. The summed E-state index contributed by atoms with van der Waals surface area (Å²) in [4.78, 5) is -0.443. The van der Waals surface area contributed by atoms with E-state index in [-0.39, 0.29) is 10.0 Å². The van der Waals surface area contributed by atoms with E-state index in [9.17, 15) is 8.42 Å². The number of aryl methyl sites for hydroxylation is 1. The van der Waals surface area contributed by atoms with E-state index in [2.05, 4.69) is 0 Å². The maximum absolute atomic E-state index is 10.8. The van der Waals surface area contributed by atoms with Gasteiger partial charge in [0.1, 0.15) is 4.90 Å². The predicted molar refractivity (Wildman–Crippen MR) is 51.0 cm³/mol. The van der Waals surface area contributed by atoms with Crippen LogP contribution in [0.15, 0.2) is 17.0 Å². The molecule has 0 saturated carbocycles. The van der Waals surface area contributed by atoms with Crippen LogP contribution < -0.4 is 0 Å². The number of halogens is 2. The molecule has 72 valence electrons. The summed E-state index contributed by atoms with van der Waals surface area (Å²) in [5.41, 5.74) is 0.724. The van der Waals surface area contributed by atoms with E-state index in [4.69, 9.17) is 27.8 Å². The van der Waals surface area contributed by atoms with Crippen LogP contribution in [0, 0.1) is 6.92 Å². The van der Waals surface area contributed by atoms with Gasteiger partial charge in [-0.25, -0.2) is 0 Å². The molecular weight excluding hydrogens is 235 g/mol. The van der Waals surface area contributed by atoms with Crippen LogP contribution in [0.3, 0.4) is 0 Å². The Morgan fingerprint density at radius 1 is 1.23 bits per heavy atom. The van der Waals surface area contributed by atoms with Crippen LogP contribution in [-0.4, -0.2) is 13.0 Å². The van der Waals surface area contributed by atoms with Crippen molar-refractivity contribution in [2.75, 3.05) is 0 Å². The van der Waals surface area contributed by atoms with Gasteiger partial charge in [0.2, 0.25) is 0 Å². The lowest BCUT2D eigenvalue weighted by molar-refractivity contribution is 0.483. The van der Waals surface area contributed by atoms with Crippen molar-refractivity contribution in [3.05, 3.63) is 27.7 Å². The topological polar surface area (TPSA) is 54.4 Å². The van der Waals surface area contributed by atoms with E-state index in [1.165, 1.54) is 12.1 Å². The van der Waals surface area contributed by atoms with Gasteiger partial charge in [-0.2, -0.15) is 8.42 Å². The summed E-state index contributed by atoms with van der Waals surface area (Å²) >= 11 is 11.2. The lowest BCUT2D eigenvalue weighted by Gasteiger charge is -2.04. The third-order valence-corrected chi connectivity index (χ3v) is 3.18. The second-order valence-corrected chi connectivity index (χ2v) is 4.71. The molecule has 0 heterocycles. The highest BCUT2D eigenvalue weighted by Crippen LogP contribution is 2.30. The Bertz CT molecular complexity index is 416. The highest BCUT2D eigenvalue weighted by molar-refractivity contribution is 7.86. The number of hydrogen-bond donors (Lipinski definition) is 1. The van der Waals surface area contributed by atoms with E-state index in [1.54, 1.807) is 6.92 Å². The maximum Gasteiger partial charge on any atom is 0.297 e. The van der Waals surface area contributed by atoms with Gasteiger partial charge in [-0.1, -0.05) is 23.2 Å². The lowest BCUT2D eigenvalue weighted by Crippen LogP contribution is -2.00. The Kier molecular flexibility index (Phi) is 2.87. The summed E-state index contributed by atoms with van der Waals surface area (Å²) < 4.78 is 30.3. The molecule has 0 aliphatic carbocycles. The average Bonchev–Trinajstić information content (AvgIpc) is 1.78. The fraction of sp³-hybridized carbons (Fsp3) is 0.143. The van der Waals surface area contributed by atoms with Crippen molar-refractivity contribution in [3.63, 3.8) is 0 Å². The van der Waals surface area contributed by atoms with Gasteiger partial charge >= 0.3 is 0 Å². The van der Waals surface area contributed by atoms with E-state index < -0.39 is 15.0 Å². The van der Waals surface area contributed by atoms with Crippen LogP contribution in [0.2, 0.25) is 10.0 Å². The Morgan fingerprint density at radius 2 is 1.62 bits per heavy atom. The smallest absolute Gasteiger partial charge is 0.282 e. The second-order valence-electron chi connectivity index (χ2n) is 2.53. The first-order valence-corrected chi connectivity index (χ1v) is 5.45. The normalized spacial score (nSPS) is 11.7. The number of rotatable bonds is 1. The summed E-state index contributed by atoms with van der Waals surface area (Å²) in [7, 11) is -4.34. The molecule has 13 heavy (non-hydrogen) atoms. The van der Waals surface area contributed by atoms with Crippen LogP contribution in [0.25, 0.3) is 0 Å². The minimum atomic E-state index is -4.34. The molecule has 0 bridgehead atoms. The van der Waals surface area contributed by atoms with Gasteiger partial charge in [0.05, 0.1) is 10.0 Å². The molecule has 0 amide bonds. The molecule has 0 aliphatic heterocycles. The van der Waals surface area contributed by atoms with Gasteiger partial charge in [0.25, 0.3) is 10.1 Å². The highest BCUT2D eigenvalue weighted by atomic mass is 35.5. The summed E-state index contributed by atoms with van der Waals surface area (Å²) in [6.45, 7) is 1.71. The van der Waals surface area contributed by atoms with E-state index in [0.29, 0.717) is 0 Å². The number of hydrogen-bond acceptors (Lipinski definition) is 2. The molecule has 1 N–H and O–H groups in total. The average molecular weight is 241 g/mol. The monoisotopic (exact) mass is 240 g/mol. The van der Waals surface area contributed by atoms with Gasteiger partial charge < -0.3 is 0 Å². The maximum atomic E-state index is 10.8. The van der Waals surface area contributed by atoms with Crippen LogP contribution in [0.1, 0.15) is 5.56 Å². The first kappa shape index (κ1) is 10.8. The standard InChI is InChI=1S/C7H6Cl2O3S/c1-4-2-5(8)7(6(9)3-4)13(10,11)12/h2-3H,1H3,(H,10,11,12). The Hall–Kier alpha value is -0.290. The van der Waals surface area contributed by atoms with Crippen LogP contribution >= 0.6 is 23.2 Å². The van der Waals surface area contributed by atoms with E-state index in [0.717, 1.165) is 5.56 Å². The zero-order chi connectivity index (χ0) is 10.2. The largest absolute Gasteiger partial charge is 0.297 e. The zero-order valence-corrected chi connectivity index (χ0v) is 8.91. The fourth-order valence-corrected chi connectivity index (χ4v) is 2.72.